The fraction of sp³-hybridized carbons (Fsp3) is 0.222. The van der Waals surface area contributed by atoms with Gasteiger partial charge < -0.3 is 4.98 Å². The van der Waals surface area contributed by atoms with Gasteiger partial charge in [-0.05, 0) is 36.5 Å². The van der Waals surface area contributed by atoms with Gasteiger partial charge in [-0.15, -0.1) is 0 Å². The number of hydrogen-bond acceptors (Lipinski definition) is 2. The second kappa shape index (κ2) is 4.55. The number of rotatable bonds is 1. The lowest BCUT2D eigenvalue weighted by atomic mass is 9.82. The highest BCUT2D eigenvalue weighted by Crippen LogP contribution is 2.35. The molecule has 0 spiro atoms. The lowest BCUT2D eigenvalue weighted by Crippen LogP contribution is -2.18. The molecule has 0 aliphatic heterocycles. The van der Waals surface area contributed by atoms with Gasteiger partial charge in [0.2, 0.25) is 0 Å². The molecule has 2 aromatic heterocycles. The van der Waals surface area contributed by atoms with Gasteiger partial charge in [-0.1, -0.05) is 30.3 Å². The van der Waals surface area contributed by atoms with Gasteiger partial charge in [-0.3, -0.25) is 4.79 Å². The Hall–Kier alpha value is -2.42. The van der Waals surface area contributed by atoms with Crippen LogP contribution in [0.15, 0.2) is 42.6 Å². The first-order valence-electron chi connectivity index (χ1n) is 7.27. The zero-order valence-electron chi connectivity index (χ0n) is 11.9. The number of nitrogens with one attached hydrogen (secondary N) is 1. The van der Waals surface area contributed by atoms with Crippen LogP contribution in [0.2, 0.25) is 0 Å². The summed E-state index contributed by atoms with van der Waals surface area (Å²) in [5, 5.41) is 0.974. The first kappa shape index (κ1) is 12.3. The molecule has 1 unspecified atom stereocenters. The first-order chi connectivity index (χ1) is 10.2. The number of Topliss-reactive ketones (excluding diaryl/α,β-unsaturated/α-hetero) is 1. The highest BCUT2D eigenvalue weighted by atomic mass is 16.1. The van der Waals surface area contributed by atoms with Crippen molar-refractivity contribution in [2.24, 2.45) is 0 Å². The molecule has 0 saturated carbocycles. The van der Waals surface area contributed by atoms with E-state index < -0.39 is 0 Å². The minimum absolute atomic E-state index is 0.226. The number of ketones is 1. The van der Waals surface area contributed by atoms with Crippen molar-refractivity contribution in [1.29, 1.82) is 0 Å². The average Bonchev–Trinajstić information content (AvgIpc) is 2.86. The molecule has 1 aliphatic rings. The molecule has 1 aliphatic carbocycles. The largest absolute Gasteiger partial charge is 0.343 e. The Balaban J connectivity index is 1.82. The third kappa shape index (κ3) is 1.97. The standard InChI is InChI=1S/C18H16N2O/c1-11-7-14-17-15(20-18(14)19-10-11)8-13(9-16(17)21)12-5-3-2-4-6-12/h2-7,10,13H,8-9H2,1H3,(H,19,20). The van der Waals surface area contributed by atoms with E-state index in [1.807, 2.05) is 31.3 Å². The van der Waals surface area contributed by atoms with Gasteiger partial charge in [0.15, 0.2) is 5.78 Å². The number of aromatic nitrogens is 2. The molecule has 0 saturated heterocycles. The van der Waals surface area contributed by atoms with Crippen molar-refractivity contribution in [3.05, 3.63) is 65.0 Å². The number of carbonyl (C=O) groups excluding carboxylic acids is 1. The Bertz CT molecular complexity index is 833. The molecule has 3 nitrogen and oxygen atoms in total. The highest BCUT2D eigenvalue weighted by molar-refractivity contribution is 6.09. The molecule has 3 heteroatoms. The van der Waals surface area contributed by atoms with Gasteiger partial charge in [-0.25, -0.2) is 4.98 Å². The summed E-state index contributed by atoms with van der Waals surface area (Å²) in [6.45, 7) is 2.01. The summed E-state index contributed by atoms with van der Waals surface area (Å²) in [7, 11) is 0. The fourth-order valence-corrected chi connectivity index (χ4v) is 3.30. The van der Waals surface area contributed by atoms with Crippen LogP contribution < -0.4 is 0 Å². The molecule has 1 N–H and O–H groups in total. The van der Waals surface area contributed by atoms with Crippen molar-refractivity contribution in [3.63, 3.8) is 0 Å². The predicted molar refractivity (Wildman–Crippen MR) is 82.7 cm³/mol. The third-order valence-corrected chi connectivity index (χ3v) is 4.30. The van der Waals surface area contributed by atoms with Gasteiger partial charge in [0, 0.05) is 29.3 Å². The SMILES string of the molecule is Cc1cnc2[nH]c3c(c2c1)C(=O)CC(c1ccccc1)C3. The second-order valence-corrected chi connectivity index (χ2v) is 5.83. The predicted octanol–water partition coefficient (Wildman–Crippen LogP) is 3.78. The van der Waals surface area contributed by atoms with Crippen molar-refractivity contribution in [2.75, 3.05) is 0 Å². The van der Waals surface area contributed by atoms with E-state index in [0.717, 1.165) is 34.3 Å². The Labute approximate surface area is 123 Å². The molecule has 0 fully saturated rings. The van der Waals surface area contributed by atoms with E-state index in [-0.39, 0.29) is 11.7 Å². The zero-order chi connectivity index (χ0) is 14.4. The number of benzene rings is 1. The maximum atomic E-state index is 12.6. The molecule has 0 bridgehead atoms. The Morgan fingerprint density at radius 2 is 2.00 bits per heavy atom. The van der Waals surface area contributed by atoms with Crippen LogP contribution in [0.4, 0.5) is 0 Å². The zero-order valence-corrected chi connectivity index (χ0v) is 11.9. The van der Waals surface area contributed by atoms with Crippen molar-refractivity contribution in [3.8, 4) is 0 Å². The number of nitrogens with zero attached hydrogens (tertiary/aromatic N) is 1. The Morgan fingerprint density at radius 1 is 1.19 bits per heavy atom. The minimum Gasteiger partial charge on any atom is -0.343 e. The van der Waals surface area contributed by atoms with Crippen LogP contribution in [0, 0.1) is 6.92 Å². The number of fused-ring (bicyclic) bond motifs is 3. The lowest BCUT2D eigenvalue weighted by molar-refractivity contribution is 0.0965. The van der Waals surface area contributed by atoms with Crippen molar-refractivity contribution in [1.82, 2.24) is 9.97 Å². The van der Waals surface area contributed by atoms with Crippen LogP contribution in [0.3, 0.4) is 0 Å². The van der Waals surface area contributed by atoms with E-state index in [1.54, 1.807) is 0 Å². The summed E-state index contributed by atoms with van der Waals surface area (Å²) in [5.74, 6) is 0.490. The monoisotopic (exact) mass is 276 g/mol. The first-order valence-corrected chi connectivity index (χ1v) is 7.27. The maximum Gasteiger partial charge on any atom is 0.165 e. The second-order valence-electron chi connectivity index (χ2n) is 5.83. The average molecular weight is 276 g/mol. The summed E-state index contributed by atoms with van der Waals surface area (Å²) in [4.78, 5) is 20.4. The minimum atomic E-state index is 0.226. The van der Waals surface area contributed by atoms with Crippen LogP contribution in [-0.2, 0) is 6.42 Å². The topological polar surface area (TPSA) is 45.8 Å². The molecule has 0 amide bonds. The van der Waals surface area contributed by atoms with Gasteiger partial charge in [0.05, 0.1) is 0 Å². The summed E-state index contributed by atoms with van der Waals surface area (Å²) >= 11 is 0. The Morgan fingerprint density at radius 3 is 2.81 bits per heavy atom. The molecule has 2 heterocycles. The van der Waals surface area contributed by atoms with E-state index in [2.05, 4.69) is 28.2 Å². The fourth-order valence-electron chi connectivity index (χ4n) is 3.30. The van der Waals surface area contributed by atoms with Gasteiger partial charge in [-0.2, -0.15) is 0 Å². The molecule has 104 valence electrons. The van der Waals surface area contributed by atoms with Crippen LogP contribution >= 0.6 is 0 Å². The number of carbonyl (C=O) groups is 1. The maximum absolute atomic E-state index is 12.6. The molecule has 21 heavy (non-hydrogen) atoms. The van der Waals surface area contributed by atoms with E-state index >= 15 is 0 Å². The van der Waals surface area contributed by atoms with Gasteiger partial charge in [0.1, 0.15) is 5.65 Å². The van der Waals surface area contributed by atoms with Crippen molar-refractivity contribution < 1.29 is 4.79 Å². The lowest BCUT2D eigenvalue weighted by Gasteiger charge is -2.21. The van der Waals surface area contributed by atoms with Gasteiger partial charge >= 0.3 is 0 Å². The van der Waals surface area contributed by atoms with Crippen LogP contribution in [-0.4, -0.2) is 15.8 Å². The number of hydrogen-bond donors (Lipinski definition) is 1. The van der Waals surface area contributed by atoms with Crippen molar-refractivity contribution in [2.45, 2.75) is 25.7 Å². The molecular formula is C18H16N2O. The molecule has 0 radical (unpaired) electrons. The van der Waals surface area contributed by atoms with E-state index in [0.29, 0.717) is 6.42 Å². The number of pyridine rings is 1. The van der Waals surface area contributed by atoms with Crippen molar-refractivity contribution >= 4 is 16.8 Å². The smallest absolute Gasteiger partial charge is 0.165 e. The molecule has 1 atom stereocenters. The third-order valence-electron chi connectivity index (χ3n) is 4.30. The quantitative estimate of drug-likeness (QED) is 0.735. The van der Waals surface area contributed by atoms with Crippen LogP contribution in [0.5, 0.6) is 0 Å². The Kier molecular flexibility index (Phi) is 2.67. The van der Waals surface area contributed by atoms with E-state index in [9.17, 15) is 4.79 Å². The number of H-pyrrole nitrogens is 1. The molecule has 1 aromatic carbocycles. The molecule has 3 aromatic rings. The van der Waals surface area contributed by atoms with Crippen LogP contribution in [0.1, 0.15) is 39.5 Å². The number of aryl methyl sites for hydroxylation is 1. The van der Waals surface area contributed by atoms with E-state index in [4.69, 9.17) is 0 Å². The summed E-state index contributed by atoms with van der Waals surface area (Å²) in [6, 6.07) is 12.3. The summed E-state index contributed by atoms with van der Waals surface area (Å²) in [5.41, 5.74) is 5.04. The number of aromatic amines is 1. The van der Waals surface area contributed by atoms with Crippen LogP contribution in [0.25, 0.3) is 11.0 Å². The molecule has 4 rings (SSSR count). The highest BCUT2D eigenvalue weighted by Gasteiger charge is 2.29. The molecular weight excluding hydrogens is 260 g/mol. The summed E-state index contributed by atoms with van der Waals surface area (Å²) < 4.78 is 0. The normalized spacial score (nSPS) is 18.0. The van der Waals surface area contributed by atoms with Gasteiger partial charge in [0.25, 0.3) is 0 Å². The van der Waals surface area contributed by atoms with E-state index in [1.165, 1.54) is 5.56 Å². The summed E-state index contributed by atoms with van der Waals surface area (Å²) in [6.07, 6.45) is 3.29.